The lowest BCUT2D eigenvalue weighted by Gasteiger charge is -2.32. The number of aromatic nitrogens is 1. The molecular formula is C33H31ClF2N6O. The summed E-state index contributed by atoms with van der Waals surface area (Å²) in [6.07, 6.45) is 1.76. The van der Waals surface area contributed by atoms with Crippen LogP contribution in [0.5, 0.6) is 0 Å². The van der Waals surface area contributed by atoms with Crippen molar-refractivity contribution < 1.29 is 13.6 Å². The summed E-state index contributed by atoms with van der Waals surface area (Å²) in [5, 5.41) is 12.7. The summed E-state index contributed by atoms with van der Waals surface area (Å²) in [6.45, 7) is 0.645. The van der Waals surface area contributed by atoms with Gasteiger partial charge in [-0.2, -0.15) is 14.3 Å². The highest BCUT2D eigenvalue weighted by atomic mass is 35.5. The summed E-state index contributed by atoms with van der Waals surface area (Å²) >= 11 is 6.30. The highest BCUT2D eigenvalue weighted by Crippen LogP contribution is 2.36. The SMILES string of the molecule is N=CN(N=N)c1ccc(Cl)cc1-c1ccc([C@@H](Cc2ccccc2)c2cccc(C3CCN(C(=O)C(F)F)CC3)c2)nc1. The Morgan fingerprint density at radius 1 is 1.05 bits per heavy atom. The van der Waals surface area contributed by atoms with Crippen LogP contribution in [0.15, 0.2) is 96.3 Å². The molecule has 10 heteroatoms. The predicted octanol–water partition coefficient (Wildman–Crippen LogP) is 8.11. The van der Waals surface area contributed by atoms with Gasteiger partial charge in [-0.05, 0) is 66.1 Å². The fraction of sp³-hybridized carbons (Fsp3) is 0.242. The Morgan fingerprint density at radius 3 is 2.47 bits per heavy atom. The van der Waals surface area contributed by atoms with E-state index in [1.54, 1.807) is 24.4 Å². The maximum Gasteiger partial charge on any atom is 0.315 e. The third-order valence-electron chi connectivity index (χ3n) is 7.95. The number of carbonyl (C=O) groups excluding carboxylic acids is 1. The van der Waals surface area contributed by atoms with Crippen LogP contribution in [0.1, 0.15) is 47.1 Å². The van der Waals surface area contributed by atoms with Crippen molar-refractivity contribution in [3.63, 3.8) is 0 Å². The molecule has 1 aliphatic rings. The van der Waals surface area contributed by atoms with Crippen molar-refractivity contribution >= 4 is 29.5 Å². The van der Waals surface area contributed by atoms with Crippen LogP contribution in [0.25, 0.3) is 11.1 Å². The van der Waals surface area contributed by atoms with Crippen LogP contribution in [-0.2, 0) is 11.2 Å². The van der Waals surface area contributed by atoms with Gasteiger partial charge in [-0.1, -0.05) is 77.5 Å². The summed E-state index contributed by atoms with van der Waals surface area (Å²) in [5.41, 5.74) is 13.7. The van der Waals surface area contributed by atoms with Crippen LogP contribution in [0.2, 0.25) is 5.02 Å². The minimum absolute atomic E-state index is 0.0583. The smallest absolute Gasteiger partial charge is 0.315 e. The first-order valence-electron chi connectivity index (χ1n) is 14.0. The second-order valence-corrected chi connectivity index (χ2v) is 11.0. The quantitative estimate of drug-likeness (QED) is 0.0833. The van der Waals surface area contributed by atoms with Gasteiger partial charge in [0.2, 0.25) is 0 Å². The standard InChI is InChI=1S/C33H31ClF2N6O/c34-27-10-12-31(42(21-37)40-38)29(19-27)26-9-11-30(39-20-26)28(17-22-5-2-1-3-6-22)25-8-4-7-24(18-25)23-13-15-41(16-14-23)33(43)32(35)36/h1-12,18-21,23,28,32,37-38H,13-17H2/t28-/m0/s1. The lowest BCUT2D eigenvalue weighted by atomic mass is 9.84. The molecule has 43 heavy (non-hydrogen) atoms. The van der Waals surface area contributed by atoms with Crippen molar-refractivity contribution in [3.8, 4) is 11.1 Å². The van der Waals surface area contributed by atoms with Gasteiger partial charge in [0.1, 0.15) is 6.34 Å². The van der Waals surface area contributed by atoms with Crippen molar-refractivity contribution in [2.24, 2.45) is 5.22 Å². The van der Waals surface area contributed by atoms with E-state index in [2.05, 4.69) is 35.6 Å². The molecule has 3 aromatic carbocycles. The molecular weight excluding hydrogens is 570 g/mol. The molecule has 1 fully saturated rings. The van der Waals surface area contributed by atoms with Crippen LogP contribution in [-0.4, -0.2) is 41.6 Å². The zero-order valence-corrected chi connectivity index (χ0v) is 24.1. The summed E-state index contributed by atoms with van der Waals surface area (Å²) in [4.78, 5) is 17.9. The van der Waals surface area contributed by atoms with Gasteiger partial charge in [-0.25, -0.2) is 5.01 Å². The zero-order valence-electron chi connectivity index (χ0n) is 23.3. The molecule has 0 radical (unpaired) electrons. The van der Waals surface area contributed by atoms with Crippen LogP contribution in [0.4, 0.5) is 14.5 Å². The van der Waals surface area contributed by atoms with Gasteiger partial charge >= 0.3 is 6.43 Å². The Bertz CT molecular complexity index is 1570. The number of benzene rings is 3. The largest absolute Gasteiger partial charge is 0.338 e. The fourth-order valence-corrected chi connectivity index (χ4v) is 5.88. The lowest BCUT2D eigenvalue weighted by molar-refractivity contribution is -0.143. The van der Waals surface area contributed by atoms with Gasteiger partial charge < -0.3 is 4.90 Å². The zero-order chi connectivity index (χ0) is 30.3. The number of hydrogen-bond donors (Lipinski definition) is 2. The van der Waals surface area contributed by atoms with Gasteiger partial charge in [0, 0.05) is 47.0 Å². The molecule has 0 saturated carbocycles. The van der Waals surface area contributed by atoms with E-state index in [0.717, 1.165) is 40.2 Å². The molecule has 1 atom stereocenters. The lowest BCUT2D eigenvalue weighted by Crippen LogP contribution is -2.41. The Morgan fingerprint density at radius 2 is 1.81 bits per heavy atom. The predicted molar refractivity (Wildman–Crippen MR) is 164 cm³/mol. The molecule has 2 N–H and O–H groups in total. The van der Waals surface area contributed by atoms with Crippen molar-refractivity contribution in [1.29, 1.82) is 10.9 Å². The van der Waals surface area contributed by atoms with Crippen LogP contribution in [0, 0.1) is 10.9 Å². The normalized spacial score (nSPS) is 14.4. The Hall–Kier alpha value is -4.50. The summed E-state index contributed by atoms with van der Waals surface area (Å²) in [7, 11) is 0. The minimum Gasteiger partial charge on any atom is -0.338 e. The summed E-state index contributed by atoms with van der Waals surface area (Å²) < 4.78 is 25.8. The first kappa shape index (κ1) is 30.0. The van der Waals surface area contributed by atoms with E-state index in [4.69, 9.17) is 27.5 Å². The van der Waals surface area contributed by atoms with Gasteiger partial charge in [0.15, 0.2) is 0 Å². The van der Waals surface area contributed by atoms with E-state index in [-0.39, 0.29) is 11.8 Å². The molecule has 1 aromatic heterocycles. The number of alkyl halides is 2. The highest BCUT2D eigenvalue weighted by Gasteiger charge is 2.29. The number of pyridine rings is 1. The van der Waals surface area contributed by atoms with Crippen molar-refractivity contribution in [1.82, 2.24) is 9.88 Å². The average Bonchev–Trinajstić information content (AvgIpc) is 3.05. The van der Waals surface area contributed by atoms with E-state index < -0.39 is 12.3 Å². The second-order valence-electron chi connectivity index (χ2n) is 10.5. The topological polar surface area (TPSA) is 96.5 Å². The molecule has 5 rings (SSSR count). The first-order chi connectivity index (χ1) is 20.9. The number of piperidine rings is 1. The Balaban J connectivity index is 1.45. The van der Waals surface area contributed by atoms with E-state index in [0.29, 0.717) is 42.2 Å². The number of carbonyl (C=O) groups is 1. The molecule has 2 heterocycles. The number of nitrogens with one attached hydrogen (secondary N) is 2. The number of amides is 1. The number of rotatable bonds is 10. The molecule has 1 amide bonds. The Labute approximate surface area is 254 Å². The van der Waals surface area contributed by atoms with Gasteiger partial charge in [0.05, 0.1) is 5.69 Å². The summed E-state index contributed by atoms with van der Waals surface area (Å²) in [6, 6.07) is 27.7. The monoisotopic (exact) mass is 600 g/mol. The second kappa shape index (κ2) is 13.6. The third-order valence-corrected chi connectivity index (χ3v) is 8.19. The van der Waals surface area contributed by atoms with E-state index >= 15 is 0 Å². The van der Waals surface area contributed by atoms with Gasteiger partial charge in [-0.15, -0.1) is 0 Å². The minimum atomic E-state index is -2.97. The third kappa shape index (κ3) is 6.94. The van der Waals surface area contributed by atoms with E-state index in [9.17, 15) is 13.6 Å². The first-order valence-corrected chi connectivity index (χ1v) is 14.4. The highest BCUT2D eigenvalue weighted by molar-refractivity contribution is 6.31. The fourth-order valence-electron chi connectivity index (χ4n) is 5.71. The molecule has 7 nitrogen and oxygen atoms in total. The van der Waals surface area contributed by atoms with Crippen LogP contribution < -0.4 is 5.01 Å². The van der Waals surface area contributed by atoms with Crippen molar-refractivity contribution in [2.45, 2.75) is 37.5 Å². The van der Waals surface area contributed by atoms with E-state index in [1.807, 2.05) is 36.4 Å². The number of anilines is 1. The molecule has 0 spiro atoms. The molecule has 4 aromatic rings. The molecule has 0 aliphatic carbocycles. The average molecular weight is 601 g/mol. The van der Waals surface area contributed by atoms with Crippen LogP contribution in [0.3, 0.4) is 0 Å². The molecule has 0 unspecified atom stereocenters. The van der Waals surface area contributed by atoms with Gasteiger partial charge in [-0.3, -0.25) is 15.2 Å². The number of hydrogen-bond acceptors (Lipinski definition) is 5. The number of nitrogens with zero attached hydrogens (tertiary/aromatic N) is 4. The summed E-state index contributed by atoms with van der Waals surface area (Å²) in [5.74, 6) is -0.971. The molecule has 220 valence electrons. The number of likely N-dealkylation sites (tertiary alicyclic amines) is 1. The Kier molecular flexibility index (Phi) is 9.51. The van der Waals surface area contributed by atoms with E-state index in [1.165, 1.54) is 10.5 Å². The maximum absolute atomic E-state index is 12.9. The maximum atomic E-state index is 12.9. The van der Waals surface area contributed by atoms with Crippen molar-refractivity contribution in [2.75, 3.05) is 18.1 Å². The van der Waals surface area contributed by atoms with Gasteiger partial charge in [0.25, 0.3) is 5.91 Å². The van der Waals surface area contributed by atoms with Crippen molar-refractivity contribution in [3.05, 3.63) is 119 Å². The molecule has 1 saturated heterocycles. The molecule has 0 bridgehead atoms. The molecule has 1 aliphatic heterocycles. The number of halogens is 3. The van der Waals surface area contributed by atoms with Crippen LogP contribution >= 0.6 is 11.6 Å².